The molecule has 10 nitrogen and oxygen atoms in total. The highest BCUT2D eigenvalue weighted by molar-refractivity contribution is 8.00. The van der Waals surface area contributed by atoms with Crippen LogP contribution in [0.5, 0.6) is 28.7 Å². The molecule has 0 heterocycles. The number of carbonyl (C=O) groups is 3. The van der Waals surface area contributed by atoms with Gasteiger partial charge in [0.05, 0.1) is 26.6 Å². The number of benzene rings is 5. The van der Waals surface area contributed by atoms with Gasteiger partial charge in [0.15, 0.2) is 11.5 Å². The number of nitrogens with one attached hydrogen (secondary N) is 3. The van der Waals surface area contributed by atoms with E-state index in [-0.39, 0.29) is 11.6 Å². The molecule has 0 spiro atoms. The summed E-state index contributed by atoms with van der Waals surface area (Å²) in [6.07, 6.45) is 1.50. The molecule has 0 bridgehead atoms. The van der Waals surface area contributed by atoms with E-state index in [4.69, 9.17) is 18.9 Å². The van der Waals surface area contributed by atoms with Crippen molar-refractivity contribution >= 4 is 46.9 Å². The molecule has 0 radical (unpaired) electrons. The molecule has 0 saturated carbocycles. The van der Waals surface area contributed by atoms with Crippen LogP contribution in [0.3, 0.4) is 0 Å². The van der Waals surface area contributed by atoms with E-state index in [0.717, 1.165) is 10.6 Å². The lowest BCUT2D eigenvalue weighted by Crippen LogP contribution is -2.30. The van der Waals surface area contributed by atoms with Gasteiger partial charge in [-0.25, -0.2) is 0 Å². The van der Waals surface area contributed by atoms with Gasteiger partial charge >= 0.3 is 0 Å². The third kappa shape index (κ3) is 9.93. The topological polar surface area (TPSA) is 124 Å². The van der Waals surface area contributed by atoms with Gasteiger partial charge in [-0.1, -0.05) is 42.5 Å². The van der Waals surface area contributed by atoms with Gasteiger partial charge in [0.2, 0.25) is 5.91 Å². The summed E-state index contributed by atoms with van der Waals surface area (Å²) in [4.78, 5) is 40.8. The number of hydrogen-bond donors (Lipinski definition) is 3. The summed E-state index contributed by atoms with van der Waals surface area (Å²) < 4.78 is 22.2. The Morgan fingerprint density at radius 3 is 1.94 bits per heavy atom. The minimum absolute atomic E-state index is 0.0413. The van der Waals surface area contributed by atoms with E-state index in [1.807, 2.05) is 36.4 Å². The van der Waals surface area contributed by atoms with Crippen LogP contribution >= 0.6 is 11.8 Å². The van der Waals surface area contributed by atoms with E-state index in [0.29, 0.717) is 45.5 Å². The van der Waals surface area contributed by atoms with E-state index in [2.05, 4.69) is 16.0 Å². The lowest BCUT2D eigenvalue weighted by atomic mass is 10.1. The maximum absolute atomic E-state index is 13.8. The van der Waals surface area contributed by atoms with Gasteiger partial charge in [0, 0.05) is 33.5 Å². The molecule has 0 aliphatic heterocycles. The predicted molar refractivity (Wildman–Crippen MR) is 200 cm³/mol. The molecule has 260 valence electrons. The average molecular weight is 704 g/mol. The number of ether oxygens (including phenoxy) is 4. The average Bonchev–Trinajstić information content (AvgIpc) is 3.15. The van der Waals surface area contributed by atoms with Crippen molar-refractivity contribution in [3.8, 4) is 28.7 Å². The van der Waals surface area contributed by atoms with E-state index in [9.17, 15) is 14.4 Å². The first kappa shape index (κ1) is 36.1. The third-order valence-corrected chi connectivity index (χ3v) is 8.53. The molecule has 5 aromatic rings. The third-order valence-electron chi connectivity index (χ3n) is 7.44. The summed E-state index contributed by atoms with van der Waals surface area (Å²) in [6, 6.07) is 35.5. The van der Waals surface area contributed by atoms with Crippen LogP contribution in [-0.4, -0.2) is 44.3 Å². The van der Waals surface area contributed by atoms with Crippen molar-refractivity contribution < 1.29 is 33.3 Å². The molecular formula is C40H37N3O7S. The SMILES string of the molecule is COc1cc(OC)c(OC)cc1/C=C(/NC(=O)c1ccccc1)C(=O)Nc1cccc(SC(C)C(=O)Nc2ccc(Oc3ccccc3)cc2)c1. The molecule has 11 heteroatoms. The Morgan fingerprint density at radius 1 is 0.647 bits per heavy atom. The Bertz CT molecular complexity index is 2000. The Hall–Kier alpha value is -6.20. The summed E-state index contributed by atoms with van der Waals surface area (Å²) in [6.45, 7) is 1.80. The molecule has 1 atom stereocenters. The van der Waals surface area contributed by atoms with E-state index >= 15 is 0 Å². The highest BCUT2D eigenvalue weighted by Gasteiger charge is 2.19. The monoisotopic (exact) mass is 703 g/mol. The van der Waals surface area contributed by atoms with Crippen LogP contribution in [0.1, 0.15) is 22.8 Å². The van der Waals surface area contributed by atoms with Crippen LogP contribution in [0.15, 0.2) is 132 Å². The van der Waals surface area contributed by atoms with Crippen molar-refractivity contribution in [1.29, 1.82) is 0 Å². The van der Waals surface area contributed by atoms with Crippen molar-refractivity contribution in [2.24, 2.45) is 0 Å². The number of rotatable bonds is 14. The highest BCUT2D eigenvalue weighted by Crippen LogP contribution is 2.36. The van der Waals surface area contributed by atoms with E-state index < -0.39 is 17.1 Å². The summed E-state index contributed by atoms with van der Waals surface area (Å²) in [7, 11) is 4.49. The van der Waals surface area contributed by atoms with Crippen molar-refractivity contribution in [2.75, 3.05) is 32.0 Å². The van der Waals surface area contributed by atoms with Gasteiger partial charge in [0.25, 0.3) is 11.8 Å². The number of methoxy groups -OCH3 is 3. The highest BCUT2D eigenvalue weighted by atomic mass is 32.2. The maximum Gasteiger partial charge on any atom is 0.272 e. The van der Waals surface area contributed by atoms with Crippen LogP contribution in [0, 0.1) is 0 Å². The molecule has 0 aliphatic carbocycles. The van der Waals surface area contributed by atoms with Gasteiger partial charge in [-0.3, -0.25) is 14.4 Å². The zero-order valence-electron chi connectivity index (χ0n) is 28.5. The van der Waals surface area contributed by atoms with Crippen LogP contribution in [-0.2, 0) is 9.59 Å². The molecule has 3 N–H and O–H groups in total. The molecule has 1 unspecified atom stereocenters. The zero-order chi connectivity index (χ0) is 36.2. The quantitative estimate of drug-likeness (QED) is 0.0785. The molecule has 0 fully saturated rings. The number of thioether (sulfide) groups is 1. The lowest BCUT2D eigenvalue weighted by Gasteiger charge is -2.15. The molecule has 0 aromatic heterocycles. The number of anilines is 2. The van der Waals surface area contributed by atoms with Crippen LogP contribution in [0.2, 0.25) is 0 Å². The minimum atomic E-state index is -0.580. The van der Waals surface area contributed by atoms with Crippen molar-refractivity contribution in [2.45, 2.75) is 17.1 Å². The second kappa shape index (κ2) is 17.5. The van der Waals surface area contributed by atoms with Crippen molar-refractivity contribution in [3.63, 3.8) is 0 Å². The number of carbonyl (C=O) groups excluding carboxylic acids is 3. The first-order valence-corrected chi connectivity index (χ1v) is 16.7. The molecule has 5 aromatic carbocycles. The largest absolute Gasteiger partial charge is 0.496 e. The number of hydrogen-bond acceptors (Lipinski definition) is 8. The van der Waals surface area contributed by atoms with Gasteiger partial charge in [-0.15, -0.1) is 11.8 Å². The molecule has 51 heavy (non-hydrogen) atoms. The number of amides is 3. The lowest BCUT2D eigenvalue weighted by molar-refractivity contribution is -0.115. The van der Waals surface area contributed by atoms with Crippen LogP contribution in [0.4, 0.5) is 11.4 Å². The fraction of sp³-hybridized carbons (Fsp3) is 0.125. The van der Waals surface area contributed by atoms with Crippen LogP contribution in [0.25, 0.3) is 6.08 Å². The Labute approximate surface area is 300 Å². The van der Waals surface area contributed by atoms with Crippen molar-refractivity contribution in [1.82, 2.24) is 5.32 Å². The fourth-order valence-corrected chi connectivity index (χ4v) is 5.77. The smallest absolute Gasteiger partial charge is 0.272 e. The minimum Gasteiger partial charge on any atom is -0.496 e. The van der Waals surface area contributed by atoms with E-state index in [1.165, 1.54) is 39.2 Å². The standard InChI is InChI=1S/C40H37N3O7S/c1-26(38(44)41-29-18-20-32(21-19-29)50-31-15-9-6-10-16-31)51-33-17-11-14-30(24-33)42-40(46)34(43-39(45)27-12-7-5-8-13-27)22-28-23-36(48-3)37(49-4)25-35(28)47-2/h5-26H,1-4H3,(H,41,44)(H,42,46)(H,43,45)/b34-22+. The molecule has 0 aliphatic rings. The second-order valence-corrected chi connectivity index (χ2v) is 12.4. The van der Waals surface area contributed by atoms with Gasteiger partial charge in [-0.05, 0) is 85.8 Å². The van der Waals surface area contributed by atoms with Crippen LogP contribution < -0.4 is 34.9 Å². The zero-order valence-corrected chi connectivity index (χ0v) is 29.3. The second-order valence-electron chi connectivity index (χ2n) is 11.0. The first-order valence-electron chi connectivity index (χ1n) is 15.9. The Kier molecular flexibility index (Phi) is 12.4. The Balaban J connectivity index is 1.29. The molecule has 0 saturated heterocycles. The summed E-state index contributed by atoms with van der Waals surface area (Å²) in [5.41, 5.74) is 1.90. The summed E-state index contributed by atoms with van der Waals surface area (Å²) >= 11 is 1.33. The predicted octanol–water partition coefficient (Wildman–Crippen LogP) is 8.03. The van der Waals surface area contributed by atoms with Gasteiger partial charge in [-0.2, -0.15) is 0 Å². The number of para-hydroxylation sites is 1. The molecular weight excluding hydrogens is 667 g/mol. The normalized spacial score (nSPS) is 11.5. The maximum atomic E-state index is 13.8. The Morgan fingerprint density at radius 2 is 1.27 bits per heavy atom. The van der Waals surface area contributed by atoms with Gasteiger partial charge < -0.3 is 34.9 Å². The molecule has 3 amide bonds. The fourth-order valence-electron chi connectivity index (χ4n) is 4.84. The summed E-state index contributed by atoms with van der Waals surface area (Å²) in [5, 5.41) is 8.08. The van der Waals surface area contributed by atoms with Gasteiger partial charge in [0.1, 0.15) is 22.9 Å². The van der Waals surface area contributed by atoms with E-state index in [1.54, 1.807) is 91.9 Å². The summed E-state index contributed by atoms with van der Waals surface area (Å²) in [5.74, 6) is 1.38. The molecule has 5 rings (SSSR count). The first-order chi connectivity index (χ1) is 24.8. The van der Waals surface area contributed by atoms with Crippen molar-refractivity contribution in [3.05, 3.63) is 138 Å².